The van der Waals surface area contributed by atoms with Gasteiger partial charge in [-0.2, -0.15) is 0 Å². The summed E-state index contributed by atoms with van der Waals surface area (Å²) in [6, 6.07) is 7.85. The van der Waals surface area contributed by atoms with Gasteiger partial charge in [-0.1, -0.05) is 37.6 Å². The lowest BCUT2D eigenvalue weighted by Gasteiger charge is -2.26. The van der Waals surface area contributed by atoms with E-state index >= 15 is 0 Å². The van der Waals surface area contributed by atoms with Crippen molar-refractivity contribution in [1.82, 2.24) is 9.80 Å². The molecule has 206 valence electrons. The van der Waals surface area contributed by atoms with Crippen LogP contribution in [-0.4, -0.2) is 59.8 Å². The van der Waals surface area contributed by atoms with Crippen molar-refractivity contribution in [3.05, 3.63) is 63.8 Å². The van der Waals surface area contributed by atoms with E-state index < -0.39 is 5.60 Å². The molecule has 0 N–H and O–H groups in total. The molecule has 0 spiro atoms. The second-order valence-electron chi connectivity index (χ2n) is 10.8. The first-order chi connectivity index (χ1) is 18.2. The number of amides is 2. The normalized spacial score (nSPS) is 20.3. The minimum Gasteiger partial charge on any atom is -0.444 e. The Kier molecular flexibility index (Phi) is 11.4. The first-order valence-corrected chi connectivity index (χ1v) is 14.7. The van der Waals surface area contributed by atoms with Gasteiger partial charge in [-0.3, -0.25) is 9.79 Å². The summed E-state index contributed by atoms with van der Waals surface area (Å²) in [5, 5.41) is 0. The van der Waals surface area contributed by atoms with E-state index in [0.29, 0.717) is 31.7 Å². The van der Waals surface area contributed by atoms with Crippen molar-refractivity contribution in [2.45, 2.75) is 78.2 Å². The van der Waals surface area contributed by atoms with Crippen LogP contribution in [0.2, 0.25) is 0 Å². The molecule has 0 radical (unpaired) electrons. The van der Waals surface area contributed by atoms with Crippen LogP contribution in [0.25, 0.3) is 5.57 Å². The molecule has 2 amide bonds. The third-order valence-corrected chi connectivity index (χ3v) is 7.07. The van der Waals surface area contributed by atoms with E-state index in [9.17, 15) is 9.59 Å². The zero-order valence-corrected chi connectivity index (χ0v) is 24.9. The summed E-state index contributed by atoms with van der Waals surface area (Å²) >= 11 is 3.76. The number of allylic oxidation sites excluding steroid dienone is 5. The Labute approximate surface area is 236 Å². The number of hydrogen-bond acceptors (Lipinski definition) is 4. The largest absolute Gasteiger partial charge is 0.444 e. The van der Waals surface area contributed by atoms with Crippen molar-refractivity contribution in [3.63, 3.8) is 0 Å². The average Bonchev–Trinajstić information content (AvgIpc) is 3.09. The summed E-state index contributed by atoms with van der Waals surface area (Å²) in [7, 11) is 0. The van der Waals surface area contributed by atoms with Crippen LogP contribution in [0.5, 0.6) is 0 Å². The number of unbranched alkanes of at least 4 members (excludes halogenated alkanes) is 2. The summed E-state index contributed by atoms with van der Waals surface area (Å²) < 4.78 is 6.48. The van der Waals surface area contributed by atoms with Gasteiger partial charge in [-0.25, -0.2) is 4.79 Å². The SMILES string of the molecule is CCCCC=NC1=C\CCCC=C(c2cccc(C(=O)N3CCCN(C(=O)OC(C)(C)C)CC3)c2)/C=C\1Br. The van der Waals surface area contributed by atoms with Crippen molar-refractivity contribution in [2.24, 2.45) is 4.99 Å². The first kappa shape index (κ1) is 29.9. The number of aliphatic imine (C=N–C) groups is 1. The highest BCUT2D eigenvalue weighted by molar-refractivity contribution is 9.12. The Morgan fingerprint density at radius 1 is 1.05 bits per heavy atom. The zero-order valence-electron chi connectivity index (χ0n) is 23.3. The van der Waals surface area contributed by atoms with Gasteiger partial charge < -0.3 is 14.5 Å². The summed E-state index contributed by atoms with van der Waals surface area (Å²) in [4.78, 5) is 34.3. The summed E-state index contributed by atoms with van der Waals surface area (Å²) in [6.45, 7) is 9.93. The highest BCUT2D eigenvalue weighted by Gasteiger charge is 2.26. The molecule has 0 unspecified atom stereocenters. The fourth-order valence-electron chi connectivity index (χ4n) is 4.40. The van der Waals surface area contributed by atoms with E-state index in [1.807, 2.05) is 50.1 Å². The molecule has 1 aliphatic carbocycles. The van der Waals surface area contributed by atoms with Gasteiger partial charge in [-0.05, 0) is 105 Å². The fraction of sp³-hybridized carbons (Fsp3) is 0.516. The van der Waals surface area contributed by atoms with Crippen LogP contribution in [0, 0.1) is 0 Å². The Morgan fingerprint density at radius 3 is 2.55 bits per heavy atom. The number of carbonyl (C=O) groups excluding carboxylic acids is 2. The molecule has 1 aromatic carbocycles. The molecule has 0 aromatic heterocycles. The molecule has 1 saturated heterocycles. The molecule has 6 nitrogen and oxygen atoms in total. The molecular formula is C31H42BrN3O3. The number of ether oxygens (including phenoxy) is 1. The molecule has 38 heavy (non-hydrogen) atoms. The maximum Gasteiger partial charge on any atom is 0.410 e. The predicted molar refractivity (Wildman–Crippen MR) is 160 cm³/mol. The number of halogens is 1. The van der Waals surface area contributed by atoms with E-state index in [1.54, 1.807) is 4.90 Å². The Balaban J connectivity index is 1.74. The van der Waals surface area contributed by atoms with Crippen LogP contribution >= 0.6 is 15.9 Å². The molecule has 2 aliphatic rings. The van der Waals surface area contributed by atoms with Crippen molar-refractivity contribution < 1.29 is 14.3 Å². The lowest BCUT2D eigenvalue weighted by molar-refractivity contribution is 0.0255. The molecule has 0 bridgehead atoms. The summed E-state index contributed by atoms with van der Waals surface area (Å²) in [6.07, 6.45) is 15.2. The zero-order chi connectivity index (χ0) is 27.5. The predicted octanol–water partition coefficient (Wildman–Crippen LogP) is 7.76. The van der Waals surface area contributed by atoms with E-state index in [0.717, 1.165) is 66.3 Å². The van der Waals surface area contributed by atoms with Crippen LogP contribution < -0.4 is 0 Å². The van der Waals surface area contributed by atoms with Crippen LogP contribution in [-0.2, 0) is 4.74 Å². The van der Waals surface area contributed by atoms with E-state index in [4.69, 9.17) is 9.73 Å². The molecule has 1 heterocycles. The molecule has 0 saturated carbocycles. The lowest BCUT2D eigenvalue weighted by atomic mass is 10.0. The summed E-state index contributed by atoms with van der Waals surface area (Å²) in [5.74, 6) is -0.00860. The topological polar surface area (TPSA) is 62.2 Å². The monoisotopic (exact) mass is 583 g/mol. The van der Waals surface area contributed by atoms with Gasteiger partial charge in [0.05, 0.1) is 5.70 Å². The molecule has 1 fully saturated rings. The highest BCUT2D eigenvalue weighted by Crippen LogP contribution is 2.29. The molecule has 1 aromatic rings. The van der Waals surface area contributed by atoms with Crippen molar-refractivity contribution >= 4 is 39.7 Å². The third-order valence-electron chi connectivity index (χ3n) is 6.43. The second kappa shape index (κ2) is 14.5. The number of hydrogen-bond donors (Lipinski definition) is 0. The first-order valence-electron chi connectivity index (χ1n) is 13.9. The van der Waals surface area contributed by atoms with Gasteiger partial charge in [0.2, 0.25) is 0 Å². The van der Waals surface area contributed by atoms with Crippen LogP contribution in [0.1, 0.15) is 88.6 Å². The van der Waals surface area contributed by atoms with E-state index in [-0.39, 0.29) is 12.0 Å². The van der Waals surface area contributed by atoms with Crippen LogP contribution in [0.4, 0.5) is 4.79 Å². The number of nitrogens with zero attached hydrogens (tertiary/aromatic N) is 3. The number of carbonyl (C=O) groups is 2. The van der Waals surface area contributed by atoms with Gasteiger partial charge in [0, 0.05) is 42.4 Å². The molecule has 0 atom stereocenters. The minimum absolute atomic E-state index is 0.00860. The smallest absolute Gasteiger partial charge is 0.410 e. The number of rotatable bonds is 6. The van der Waals surface area contributed by atoms with Crippen LogP contribution in [0.3, 0.4) is 0 Å². The minimum atomic E-state index is -0.536. The molecule has 1 aliphatic heterocycles. The van der Waals surface area contributed by atoms with Crippen LogP contribution in [0.15, 0.2) is 57.7 Å². The van der Waals surface area contributed by atoms with Crippen molar-refractivity contribution in [1.29, 1.82) is 0 Å². The van der Waals surface area contributed by atoms with Gasteiger partial charge in [-0.15, -0.1) is 0 Å². The Morgan fingerprint density at radius 2 is 1.79 bits per heavy atom. The maximum absolute atomic E-state index is 13.5. The van der Waals surface area contributed by atoms with Gasteiger partial charge in [0.15, 0.2) is 0 Å². The maximum atomic E-state index is 13.5. The van der Waals surface area contributed by atoms with Crippen molar-refractivity contribution in [2.75, 3.05) is 26.2 Å². The summed E-state index contributed by atoms with van der Waals surface area (Å²) in [5.41, 5.74) is 3.17. The third kappa shape index (κ3) is 9.26. The molecule has 7 heteroatoms. The second-order valence-corrected chi connectivity index (χ2v) is 11.7. The standard InChI is InChI=1S/C31H42BrN3O3/c1-5-6-10-17-33-28-16-9-7-8-13-25(23-27(28)32)24-14-11-15-26(22-24)29(36)34-18-12-19-35(21-20-34)30(37)38-31(2,3)4/h11,13-17,22-23H,5-10,12,18-21H2,1-4H3/b25-13?,27-23+,28-16-,33-17?. The van der Waals surface area contributed by atoms with E-state index in [1.165, 1.54) is 0 Å². The average molecular weight is 585 g/mol. The van der Waals surface area contributed by atoms with Gasteiger partial charge >= 0.3 is 6.09 Å². The Bertz CT molecular complexity index is 1100. The fourth-order valence-corrected chi connectivity index (χ4v) is 4.91. The quantitative estimate of drug-likeness (QED) is 0.254. The molecular weight excluding hydrogens is 542 g/mol. The van der Waals surface area contributed by atoms with E-state index in [2.05, 4.69) is 47.1 Å². The number of benzene rings is 1. The molecule has 3 rings (SSSR count). The highest BCUT2D eigenvalue weighted by atomic mass is 79.9. The van der Waals surface area contributed by atoms with Gasteiger partial charge in [0.1, 0.15) is 5.60 Å². The lowest BCUT2D eigenvalue weighted by Crippen LogP contribution is -2.40. The van der Waals surface area contributed by atoms with Gasteiger partial charge in [0.25, 0.3) is 5.91 Å². The Hall–Kier alpha value is -2.67. The van der Waals surface area contributed by atoms with Crippen molar-refractivity contribution in [3.8, 4) is 0 Å².